The molecule has 1 N–H and O–H groups in total. The average molecular weight is 424 g/mol. The minimum atomic E-state index is -0.233. The molecule has 0 saturated heterocycles. The van der Waals surface area contributed by atoms with E-state index in [0.717, 1.165) is 17.1 Å². The standard InChI is InChI=1S/C25H29NO3S/c1-17-10-11-19(25(2,3)4)14-23(17)30-16-20-12-13-22(29-20)24(27)26-15-18-8-6-7-9-21(18)28-5/h6-14H,15-16H2,1-5H3,(H,26,27). The predicted octanol–water partition coefficient (Wildman–Crippen LogP) is 6.12. The molecule has 0 aliphatic carbocycles. The van der Waals surface area contributed by atoms with E-state index in [1.807, 2.05) is 30.3 Å². The van der Waals surface area contributed by atoms with Crippen LogP contribution in [-0.4, -0.2) is 13.0 Å². The average Bonchev–Trinajstić information content (AvgIpc) is 3.20. The molecule has 30 heavy (non-hydrogen) atoms. The van der Waals surface area contributed by atoms with Crippen LogP contribution >= 0.6 is 11.8 Å². The first-order valence-corrected chi connectivity index (χ1v) is 11.0. The molecule has 1 heterocycles. The normalized spacial score (nSPS) is 11.4. The summed E-state index contributed by atoms with van der Waals surface area (Å²) in [6.07, 6.45) is 0. The van der Waals surface area contributed by atoms with Crippen molar-refractivity contribution in [1.29, 1.82) is 0 Å². The van der Waals surface area contributed by atoms with Gasteiger partial charge >= 0.3 is 0 Å². The maximum atomic E-state index is 12.5. The number of furan rings is 1. The molecule has 0 fully saturated rings. The highest BCUT2D eigenvalue weighted by Gasteiger charge is 2.16. The zero-order chi connectivity index (χ0) is 21.7. The SMILES string of the molecule is COc1ccccc1CNC(=O)c1ccc(CSc2cc(C(C)(C)C)ccc2C)o1. The molecule has 3 rings (SSSR count). The van der Waals surface area contributed by atoms with Crippen LogP contribution in [0.15, 0.2) is 63.9 Å². The second kappa shape index (κ2) is 9.43. The molecule has 0 atom stereocenters. The van der Waals surface area contributed by atoms with E-state index in [1.165, 1.54) is 16.0 Å². The fourth-order valence-corrected chi connectivity index (χ4v) is 4.02. The first kappa shape index (κ1) is 22.0. The third-order valence-electron chi connectivity index (χ3n) is 4.94. The molecule has 0 aliphatic rings. The van der Waals surface area contributed by atoms with Gasteiger partial charge in [0, 0.05) is 17.0 Å². The molecule has 0 spiro atoms. The predicted molar refractivity (Wildman–Crippen MR) is 122 cm³/mol. The van der Waals surface area contributed by atoms with E-state index in [9.17, 15) is 4.79 Å². The van der Waals surface area contributed by atoms with Crippen molar-refractivity contribution in [2.24, 2.45) is 0 Å². The summed E-state index contributed by atoms with van der Waals surface area (Å²) in [5, 5.41) is 2.89. The summed E-state index contributed by atoms with van der Waals surface area (Å²) in [6.45, 7) is 9.15. The molecule has 5 heteroatoms. The van der Waals surface area contributed by atoms with Gasteiger partial charge in [-0.25, -0.2) is 0 Å². The second-order valence-corrected chi connectivity index (χ2v) is 9.30. The van der Waals surface area contributed by atoms with E-state index in [-0.39, 0.29) is 11.3 Å². The van der Waals surface area contributed by atoms with Crippen molar-refractivity contribution in [3.05, 3.63) is 82.8 Å². The number of para-hydroxylation sites is 1. The summed E-state index contributed by atoms with van der Waals surface area (Å²) in [7, 11) is 1.62. The monoisotopic (exact) mass is 423 g/mol. The number of methoxy groups -OCH3 is 1. The smallest absolute Gasteiger partial charge is 0.287 e. The zero-order valence-corrected chi connectivity index (χ0v) is 19.1. The third kappa shape index (κ3) is 5.48. The minimum Gasteiger partial charge on any atom is -0.496 e. The van der Waals surface area contributed by atoms with Gasteiger partial charge < -0.3 is 14.5 Å². The number of hydrogen-bond donors (Lipinski definition) is 1. The number of thioether (sulfide) groups is 1. The highest BCUT2D eigenvalue weighted by Crippen LogP contribution is 2.31. The summed E-state index contributed by atoms with van der Waals surface area (Å²) < 4.78 is 11.1. The molecular weight excluding hydrogens is 394 g/mol. The molecule has 0 unspecified atom stereocenters. The topological polar surface area (TPSA) is 51.5 Å². The minimum absolute atomic E-state index is 0.111. The molecule has 158 valence electrons. The van der Waals surface area contributed by atoms with Crippen LogP contribution in [0, 0.1) is 6.92 Å². The van der Waals surface area contributed by atoms with Gasteiger partial charge in [-0.15, -0.1) is 11.8 Å². The Kier molecular flexibility index (Phi) is 6.93. The molecule has 0 saturated carbocycles. The molecule has 0 aliphatic heterocycles. The number of benzene rings is 2. The molecule has 4 nitrogen and oxygen atoms in total. The van der Waals surface area contributed by atoms with Gasteiger partial charge in [-0.05, 0) is 47.7 Å². The number of carbonyl (C=O) groups is 1. The largest absolute Gasteiger partial charge is 0.496 e. The van der Waals surface area contributed by atoms with Crippen LogP contribution in [-0.2, 0) is 17.7 Å². The molecule has 3 aromatic rings. The number of amides is 1. The van der Waals surface area contributed by atoms with E-state index in [4.69, 9.17) is 9.15 Å². The molecule has 0 bridgehead atoms. The van der Waals surface area contributed by atoms with E-state index in [2.05, 4.69) is 51.2 Å². The number of nitrogens with one attached hydrogen (secondary N) is 1. The van der Waals surface area contributed by atoms with Crippen LogP contribution in [0.2, 0.25) is 0 Å². The van der Waals surface area contributed by atoms with Crippen molar-refractivity contribution in [1.82, 2.24) is 5.32 Å². The van der Waals surface area contributed by atoms with Gasteiger partial charge in [-0.2, -0.15) is 0 Å². The van der Waals surface area contributed by atoms with Crippen LogP contribution in [0.25, 0.3) is 0 Å². The lowest BCUT2D eigenvalue weighted by atomic mass is 9.87. The molecular formula is C25H29NO3S. The lowest BCUT2D eigenvalue weighted by Gasteiger charge is -2.20. The molecule has 1 aromatic heterocycles. The van der Waals surface area contributed by atoms with Crippen LogP contribution in [0.1, 0.15) is 53.8 Å². The number of ether oxygens (including phenoxy) is 1. The summed E-state index contributed by atoms with van der Waals surface area (Å²) in [4.78, 5) is 13.7. The van der Waals surface area contributed by atoms with Crippen LogP contribution in [0.3, 0.4) is 0 Å². The molecule has 1 amide bonds. The van der Waals surface area contributed by atoms with Crippen molar-refractivity contribution < 1.29 is 13.9 Å². The van der Waals surface area contributed by atoms with Gasteiger partial charge in [0.25, 0.3) is 5.91 Å². The van der Waals surface area contributed by atoms with Gasteiger partial charge in [0.05, 0.1) is 12.9 Å². The number of aryl methyl sites for hydroxylation is 1. The van der Waals surface area contributed by atoms with Gasteiger partial charge in [-0.1, -0.05) is 51.1 Å². The zero-order valence-electron chi connectivity index (χ0n) is 18.2. The van der Waals surface area contributed by atoms with Crippen LogP contribution in [0.4, 0.5) is 0 Å². The third-order valence-corrected chi connectivity index (χ3v) is 6.12. The summed E-state index contributed by atoms with van der Waals surface area (Å²) >= 11 is 1.73. The highest BCUT2D eigenvalue weighted by atomic mass is 32.2. The Morgan fingerprint density at radius 3 is 2.60 bits per heavy atom. The summed E-state index contributed by atoms with van der Waals surface area (Å²) in [6, 6.07) is 17.8. The van der Waals surface area contributed by atoms with E-state index >= 15 is 0 Å². The number of rotatable bonds is 7. The van der Waals surface area contributed by atoms with Gasteiger partial charge in [0.1, 0.15) is 11.5 Å². The Hall–Kier alpha value is -2.66. The Morgan fingerprint density at radius 1 is 1.10 bits per heavy atom. The number of hydrogen-bond acceptors (Lipinski definition) is 4. The maximum Gasteiger partial charge on any atom is 0.287 e. The second-order valence-electron chi connectivity index (χ2n) is 8.28. The van der Waals surface area contributed by atoms with E-state index < -0.39 is 0 Å². The Bertz CT molecular complexity index is 1020. The highest BCUT2D eigenvalue weighted by molar-refractivity contribution is 7.98. The van der Waals surface area contributed by atoms with Crippen molar-refractivity contribution in [2.45, 2.75) is 50.3 Å². The fraction of sp³-hybridized carbons (Fsp3) is 0.320. The Labute approximate surface area is 183 Å². The summed E-state index contributed by atoms with van der Waals surface area (Å²) in [5.74, 6) is 2.29. The van der Waals surface area contributed by atoms with Crippen molar-refractivity contribution in [3.8, 4) is 5.75 Å². The first-order chi connectivity index (χ1) is 14.3. The fourth-order valence-electron chi connectivity index (χ4n) is 3.06. The maximum absolute atomic E-state index is 12.5. The van der Waals surface area contributed by atoms with Gasteiger partial charge in [0.2, 0.25) is 0 Å². The Morgan fingerprint density at radius 2 is 1.87 bits per heavy atom. The quantitative estimate of drug-likeness (QED) is 0.465. The Balaban J connectivity index is 1.61. The van der Waals surface area contributed by atoms with E-state index in [0.29, 0.717) is 18.1 Å². The number of carbonyl (C=O) groups excluding carboxylic acids is 1. The first-order valence-electron chi connectivity index (χ1n) is 10.0. The van der Waals surface area contributed by atoms with Crippen molar-refractivity contribution >= 4 is 17.7 Å². The van der Waals surface area contributed by atoms with Gasteiger partial charge in [-0.3, -0.25) is 4.79 Å². The van der Waals surface area contributed by atoms with E-state index in [1.54, 1.807) is 24.9 Å². The molecule has 2 aromatic carbocycles. The van der Waals surface area contributed by atoms with Crippen LogP contribution < -0.4 is 10.1 Å². The lowest BCUT2D eigenvalue weighted by molar-refractivity contribution is 0.0921. The van der Waals surface area contributed by atoms with Gasteiger partial charge in [0.15, 0.2) is 5.76 Å². The molecule has 0 radical (unpaired) electrons. The van der Waals surface area contributed by atoms with Crippen molar-refractivity contribution in [2.75, 3.05) is 7.11 Å². The lowest BCUT2D eigenvalue weighted by Crippen LogP contribution is -2.22. The summed E-state index contributed by atoms with van der Waals surface area (Å²) in [5.41, 5.74) is 3.59. The van der Waals surface area contributed by atoms with Crippen molar-refractivity contribution in [3.63, 3.8) is 0 Å². The van der Waals surface area contributed by atoms with Crippen LogP contribution in [0.5, 0.6) is 5.75 Å².